The summed E-state index contributed by atoms with van der Waals surface area (Å²) in [7, 11) is 1.33. The smallest absolute Gasteiger partial charge is 0.339 e. The molecule has 0 aliphatic carbocycles. The van der Waals surface area contributed by atoms with E-state index in [2.05, 4.69) is 22.0 Å². The van der Waals surface area contributed by atoms with Crippen molar-refractivity contribution in [1.29, 1.82) is 0 Å². The van der Waals surface area contributed by atoms with Gasteiger partial charge in [0.1, 0.15) is 23.9 Å². The Labute approximate surface area is 321 Å². The molecule has 0 spiro atoms. The van der Waals surface area contributed by atoms with Crippen LogP contribution in [0.15, 0.2) is 91.0 Å². The zero-order valence-electron chi connectivity index (χ0n) is 30.7. The first-order valence-electron chi connectivity index (χ1n) is 17.7. The molecular formula is C43H41BrFN3O6. The largest absolute Gasteiger partial charge is 0.493 e. The van der Waals surface area contributed by atoms with Gasteiger partial charge in [0, 0.05) is 57.4 Å². The Balaban J connectivity index is 1.35. The van der Waals surface area contributed by atoms with E-state index in [4.69, 9.17) is 29.0 Å². The monoisotopic (exact) mass is 793 g/mol. The van der Waals surface area contributed by atoms with Crippen LogP contribution < -0.4 is 9.47 Å². The molecule has 11 heteroatoms. The van der Waals surface area contributed by atoms with Crippen LogP contribution in [0.2, 0.25) is 0 Å². The van der Waals surface area contributed by atoms with Crippen LogP contribution in [0.25, 0.3) is 39.3 Å². The van der Waals surface area contributed by atoms with Crippen LogP contribution in [-0.4, -0.2) is 45.0 Å². The first kappa shape index (κ1) is 37.2. The van der Waals surface area contributed by atoms with Crippen molar-refractivity contribution in [3.8, 4) is 45.1 Å². The first-order valence-corrected chi connectivity index (χ1v) is 18.8. The van der Waals surface area contributed by atoms with Gasteiger partial charge in [0.05, 0.1) is 36.8 Å². The topological polar surface area (TPSA) is 104 Å². The summed E-state index contributed by atoms with van der Waals surface area (Å²) in [6, 6.07) is 27.8. The summed E-state index contributed by atoms with van der Waals surface area (Å²) in [5, 5.41) is 16.7. The van der Waals surface area contributed by atoms with Gasteiger partial charge in [-0.2, -0.15) is 5.10 Å². The highest BCUT2D eigenvalue weighted by Gasteiger charge is 2.34. The van der Waals surface area contributed by atoms with Gasteiger partial charge in [-0.15, -0.1) is 0 Å². The minimum Gasteiger partial charge on any atom is -0.493 e. The van der Waals surface area contributed by atoms with Crippen molar-refractivity contribution >= 4 is 27.5 Å². The van der Waals surface area contributed by atoms with E-state index in [0.29, 0.717) is 63.9 Å². The Morgan fingerprint density at radius 2 is 1.78 bits per heavy atom. The van der Waals surface area contributed by atoms with Crippen molar-refractivity contribution in [2.24, 2.45) is 0 Å². The van der Waals surface area contributed by atoms with Crippen LogP contribution in [0.1, 0.15) is 67.3 Å². The van der Waals surface area contributed by atoms with Crippen molar-refractivity contribution in [1.82, 2.24) is 14.6 Å². The van der Waals surface area contributed by atoms with Gasteiger partial charge in [0.15, 0.2) is 11.8 Å². The predicted molar refractivity (Wildman–Crippen MR) is 208 cm³/mol. The molecule has 6 aromatic rings. The molecule has 2 unspecified atom stereocenters. The van der Waals surface area contributed by atoms with E-state index in [1.54, 1.807) is 10.6 Å². The molecule has 0 saturated carbocycles. The third kappa shape index (κ3) is 7.75. The van der Waals surface area contributed by atoms with Crippen molar-refractivity contribution in [2.75, 3.05) is 13.7 Å². The number of carbonyl (C=O) groups excluding carboxylic acids is 1. The Morgan fingerprint density at radius 3 is 2.56 bits per heavy atom. The molecule has 1 N–H and O–H groups in total. The van der Waals surface area contributed by atoms with E-state index in [9.17, 15) is 14.3 Å². The first-order chi connectivity index (χ1) is 25.9. The van der Waals surface area contributed by atoms with Crippen LogP contribution in [0, 0.1) is 12.7 Å². The number of nitrogens with zero attached hydrogens (tertiary/aromatic N) is 3. The lowest BCUT2D eigenvalue weighted by atomic mass is 9.95. The van der Waals surface area contributed by atoms with Gasteiger partial charge in [-0.1, -0.05) is 58.4 Å². The van der Waals surface area contributed by atoms with Crippen molar-refractivity contribution in [3.05, 3.63) is 125 Å². The third-order valence-electron chi connectivity index (χ3n) is 9.22. The number of ether oxygens (including phenoxy) is 4. The summed E-state index contributed by atoms with van der Waals surface area (Å²) in [6.45, 7) is 8.13. The molecule has 2 atom stereocenters. The van der Waals surface area contributed by atoms with Gasteiger partial charge in [0.2, 0.25) is 0 Å². The van der Waals surface area contributed by atoms with E-state index in [1.165, 1.54) is 19.2 Å². The zero-order chi connectivity index (χ0) is 38.1. The Hall–Kier alpha value is -5.10. The van der Waals surface area contributed by atoms with E-state index < -0.39 is 29.6 Å². The summed E-state index contributed by atoms with van der Waals surface area (Å²) in [4.78, 5) is 18.4. The molecule has 278 valence electrons. The van der Waals surface area contributed by atoms with Crippen LogP contribution in [0.3, 0.4) is 0 Å². The lowest BCUT2D eigenvalue weighted by Crippen LogP contribution is -2.30. The highest BCUT2D eigenvalue weighted by molar-refractivity contribution is 9.08. The second-order valence-corrected chi connectivity index (χ2v) is 14.8. The number of esters is 1. The lowest BCUT2D eigenvalue weighted by Gasteiger charge is -2.29. The highest BCUT2D eigenvalue weighted by Crippen LogP contribution is 2.41. The molecule has 0 bridgehead atoms. The number of methoxy groups -OCH3 is 1. The SMILES string of the molecule is COC(=O)C(OC(C)(C)C)c1c(C)nc2cc(-c3cccc(-c4ccc(F)cc4OCc4cccc(CBr)c4)c3)nn2c1-c1ccc2c(c1)C(O)CCO2. The number of carbonyl (C=O) groups is 1. The highest BCUT2D eigenvalue weighted by atomic mass is 79.9. The molecule has 1 aliphatic heterocycles. The van der Waals surface area contributed by atoms with E-state index in [0.717, 1.165) is 33.1 Å². The van der Waals surface area contributed by atoms with E-state index in [1.807, 2.05) is 94.4 Å². The number of aryl methyl sites for hydroxylation is 1. The maximum Gasteiger partial charge on any atom is 0.339 e. The summed E-state index contributed by atoms with van der Waals surface area (Å²) in [5.41, 5.74) is 7.81. The summed E-state index contributed by atoms with van der Waals surface area (Å²) >= 11 is 3.50. The molecule has 0 saturated heterocycles. The van der Waals surface area contributed by atoms with Crippen LogP contribution in [0.5, 0.6) is 11.5 Å². The van der Waals surface area contributed by atoms with Gasteiger partial charge in [-0.05, 0) is 80.8 Å². The second-order valence-electron chi connectivity index (χ2n) is 14.3. The van der Waals surface area contributed by atoms with E-state index in [-0.39, 0.29) is 6.61 Å². The van der Waals surface area contributed by atoms with Gasteiger partial charge < -0.3 is 24.1 Å². The van der Waals surface area contributed by atoms with Gasteiger partial charge in [-0.25, -0.2) is 18.7 Å². The number of aliphatic hydroxyl groups is 1. The maximum absolute atomic E-state index is 14.6. The zero-order valence-corrected chi connectivity index (χ0v) is 32.3. The molecule has 0 amide bonds. The van der Waals surface area contributed by atoms with Crippen LogP contribution in [-0.2, 0) is 26.2 Å². The molecule has 3 heterocycles. The quantitative estimate of drug-likeness (QED) is 0.108. The average molecular weight is 795 g/mol. The number of hydrogen-bond donors (Lipinski definition) is 1. The second kappa shape index (κ2) is 15.3. The standard InChI is InChI=1S/C43H41BrFN3O6/c1-25-39(41(42(50)51-5)54-43(2,3)4)40(30-12-15-36-33(20-30)35(49)16-17-52-36)48-38(46-25)22-34(47-48)29-11-7-10-28(19-29)32-14-13-31(45)21-37(32)53-24-27-9-6-8-26(18-27)23-44/h6-15,18-22,35,41,49H,16-17,23-24H2,1-5H3. The number of aromatic nitrogens is 3. The number of halogens is 2. The number of fused-ring (bicyclic) bond motifs is 2. The van der Waals surface area contributed by atoms with Crippen LogP contribution in [0.4, 0.5) is 4.39 Å². The molecule has 9 nitrogen and oxygen atoms in total. The summed E-state index contributed by atoms with van der Waals surface area (Å²) in [5.74, 6) is 0.0455. The predicted octanol–water partition coefficient (Wildman–Crippen LogP) is 9.50. The van der Waals surface area contributed by atoms with Crippen molar-refractivity contribution in [2.45, 2.75) is 63.9 Å². The maximum atomic E-state index is 14.6. The Bertz CT molecular complexity index is 2350. The lowest BCUT2D eigenvalue weighted by molar-refractivity contribution is -0.164. The fourth-order valence-corrected chi connectivity index (χ4v) is 7.09. The van der Waals surface area contributed by atoms with Gasteiger partial charge in [-0.3, -0.25) is 0 Å². The molecular weight excluding hydrogens is 753 g/mol. The van der Waals surface area contributed by atoms with Gasteiger partial charge >= 0.3 is 5.97 Å². The van der Waals surface area contributed by atoms with Crippen LogP contribution >= 0.6 is 15.9 Å². The number of alkyl halides is 1. The Morgan fingerprint density at radius 1 is 1.00 bits per heavy atom. The number of benzene rings is 4. The van der Waals surface area contributed by atoms with Crippen molar-refractivity contribution < 1.29 is 33.2 Å². The molecule has 0 fully saturated rings. The molecule has 7 rings (SSSR count). The minimum atomic E-state index is -1.13. The molecule has 0 radical (unpaired) electrons. The molecule has 4 aromatic carbocycles. The fraction of sp³-hybridized carbons (Fsp3) is 0.279. The van der Waals surface area contributed by atoms with Crippen molar-refractivity contribution in [3.63, 3.8) is 0 Å². The van der Waals surface area contributed by atoms with E-state index >= 15 is 0 Å². The number of rotatable bonds is 10. The minimum absolute atomic E-state index is 0.275. The number of aliphatic hydroxyl groups excluding tert-OH is 1. The van der Waals surface area contributed by atoms with Gasteiger partial charge in [0.25, 0.3) is 0 Å². The average Bonchev–Trinajstić information content (AvgIpc) is 3.59. The molecule has 1 aliphatic rings. The summed E-state index contributed by atoms with van der Waals surface area (Å²) in [6.07, 6.45) is -1.39. The molecule has 2 aromatic heterocycles. The normalized spacial score (nSPS) is 14.7. The number of hydrogen-bond acceptors (Lipinski definition) is 8. The molecule has 54 heavy (non-hydrogen) atoms. The Kier molecular flexibility index (Phi) is 10.6. The third-order valence-corrected chi connectivity index (χ3v) is 9.87. The summed E-state index contributed by atoms with van der Waals surface area (Å²) < 4.78 is 40.0. The fourth-order valence-electron chi connectivity index (χ4n) is 6.74.